The second kappa shape index (κ2) is 10.8. The van der Waals surface area contributed by atoms with Gasteiger partial charge in [0.25, 0.3) is 0 Å². The summed E-state index contributed by atoms with van der Waals surface area (Å²) < 4.78 is 4.14. The van der Waals surface area contributed by atoms with E-state index in [0.29, 0.717) is 34.6 Å². The number of aromatic amines is 2. The van der Waals surface area contributed by atoms with E-state index in [4.69, 9.17) is 29.9 Å². The first-order chi connectivity index (χ1) is 24.7. The predicted octanol–water partition coefficient (Wildman–Crippen LogP) is 8.12. The van der Waals surface area contributed by atoms with Crippen LogP contribution in [0, 0.1) is 0 Å². The second-order valence-corrected chi connectivity index (χ2v) is 18.7. The Hall–Kier alpha value is -5.96. The zero-order valence-electron chi connectivity index (χ0n) is 26.3. The van der Waals surface area contributed by atoms with Crippen LogP contribution in [-0.4, -0.2) is 39.9 Å². The quantitative estimate of drug-likeness (QED) is 0.175. The van der Waals surface area contributed by atoms with Crippen molar-refractivity contribution in [2.45, 2.75) is 0 Å². The fraction of sp³-hybridized carbons (Fsp3) is 0. The van der Waals surface area contributed by atoms with Crippen LogP contribution >= 0.6 is 11.3 Å². The Morgan fingerprint density at radius 3 is 1.52 bits per heavy atom. The number of thiophene rings is 1. The number of nitrogens with zero attached hydrogens (tertiary/aromatic N) is 6. The normalized spacial score (nSPS) is 11.9. The van der Waals surface area contributed by atoms with Crippen molar-refractivity contribution in [1.82, 2.24) is 39.9 Å². The fourth-order valence-electron chi connectivity index (χ4n) is 7.22. The van der Waals surface area contributed by atoms with Gasteiger partial charge in [-0.2, -0.15) is 0 Å². The number of rotatable bonds is 2. The third-order valence-electron chi connectivity index (χ3n) is 9.51. The first kappa shape index (κ1) is 27.9. The number of nitrogens with one attached hydrogen (secondary N) is 2. The molecule has 11 rings (SSSR count). The van der Waals surface area contributed by atoms with Gasteiger partial charge in [0.1, 0.15) is 0 Å². The van der Waals surface area contributed by atoms with Gasteiger partial charge in [-0.25, -0.2) is 0 Å². The minimum atomic E-state index is -1.44. The second-order valence-electron chi connectivity index (χ2n) is 12.5. The van der Waals surface area contributed by atoms with E-state index in [1.165, 1.54) is 17.7 Å². The molecule has 0 unspecified atom stereocenters. The van der Waals surface area contributed by atoms with Gasteiger partial charge in [-0.3, -0.25) is 0 Å². The van der Waals surface area contributed by atoms with Gasteiger partial charge < -0.3 is 0 Å². The van der Waals surface area contributed by atoms with E-state index in [1.807, 2.05) is 47.7 Å². The molecule has 4 aromatic heterocycles. The Kier molecular flexibility index (Phi) is 6.02. The van der Waals surface area contributed by atoms with E-state index < -0.39 is 17.1 Å². The van der Waals surface area contributed by atoms with Gasteiger partial charge in [0.15, 0.2) is 0 Å². The third-order valence-corrected chi connectivity index (χ3v) is 15.3. The zero-order valence-corrected chi connectivity index (χ0v) is 30.1. The van der Waals surface area contributed by atoms with Crippen molar-refractivity contribution in [2.75, 3.05) is 0 Å². The van der Waals surface area contributed by atoms with E-state index in [9.17, 15) is 0 Å². The van der Waals surface area contributed by atoms with Crippen LogP contribution in [0.15, 0.2) is 121 Å². The van der Waals surface area contributed by atoms with Crippen LogP contribution in [0.5, 0.6) is 0 Å². The molecule has 0 saturated heterocycles. The van der Waals surface area contributed by atoms with Gasteiger partial charge >= 0.3 is 291 Å². The maximum atomic E-state index is 5.29. The maximum absolute atomic E-state index is 5.29. The van der Waals surface area contributed by atoms with Gasteiger partial charge in [0.05, 0.1) is 0 Å². The van der Waals surface area contributed by atoms with Gasteiger partial charge in [0.2, 0.25) is 0 Å². The molecule has 0 aliphatic carbocycles. The topological polar surface area (TPSA) is 109 Å². The summed E-state index contributed by atoms with van der Waals surface area (Å²) in [6.07, 6.45) is 0. The first-order valence-corrected chi connectivity index (χ1v) is 20.2. The van der Waals surface area contributed by atoms with E-state index in [2.05, 4.69) is 94.9 Å². The fourth-order valence-corrected chi connectivity index (χ4v) is 13.5. The molecule has 6 heterocycles. The summed E-state index contributed by atoms with van der Waals surface area (Å²) in [5.41, 5.74) is 6.58. The molecule has 2 aliphatic heterocycles. The number of fused-ring (bicyclic) bond motifs is 21. The van der Waals surface area contributed by atoms with Crippen molar-refractivity contribution in [3.63, 3.8) is 0 Å². The number of hydrogen-bond acceptors (Lipinski definition) is 7. The third kappa shape index (κ3) is 4.32. The summed E-state index contributed by atoms with van der Waals surface area (Å²) in [6.45, 7) is 0. The van der Waals surface area contributed by atoms with Crippen LogP contribution in [-0.2, 0) is 17.1 Å². The molecule has 2 aliphatic rings. The molecule has 0 spiro atoms. The van der Waals surface area contributed by atoms with Crippen molar-refractivity contribution < 1.29 is 17.1 Å². The summed E-state index contributed by atoms with van der Waals surface area (Å²) in [5.74, 6) is 2.43. The number of hydrogen-bond donors (Lipinski definition) is 2. The molecule has 10 heteroatoms. The average molecular weight is 712 g/mol. The first-order valence-electron chi connectivity index (χ1n) is 16.4. The van der Waals surface area contributed by atoms with Crippen molar-refractivity contribution in [3.8, 4) is 45.6 Å². The SMILES string of the molecule is c1ccc2c(c1)-c1nc-2nc2[nH]c(nc3nc(nc4[nH]c(n1)c1ccccc41)-c1ccccc1-3)c1[c]([Zn][c]3cc4ccccc4s3)cccc21. The van der Waals surface area contributed by atoms with Gasteiger partial charge in [-0.1, -0.05) is 6.07 Å². The van der Waals surface area contributed by atoms with Gasteiger partial charge in [-0.05, 0) is 0 Å². The molecular weight excluding hydrogens is 690 g/mol. The average Bonchev–Trinajstić information content (AvgIpc) is 3.96. The Bertz CT molecular complexity index is 3010. The Balaban J connectivity index is 1.27. The van der Waals surface area contributed by atoms with E-state index >= 15 is 0 Å². The van der Waals surface area contributed by atoms with E-state index in [-0.39, 0.29) is 0 Å². The van der Waals surface area contributed by atoms with E-state index in [0.717, 1.165) is 55.1 Å². The zero-order chi connectivity index (χ0) is 32.8. The van der Waals surface area contributed by atoms with Gasteiger partial charge in [-0.15, -0.1) is 0 Å². The summed E-state index contributed by atoms with van der Waals surface area (Å²) in [6, 6.07) is 42.0. The summed E-state index contributed by atoms with van der Waals surface area (Å²) in [5, 5.41) is 5.33. The van der Waals surface area contributed by atoms with Crippen LogP contribution < -0.4 is 7.63 Å². The van der Waals surface area contributed by atoms with Crippen molar-refractivity contribution in [3.05, 3.63) is 121 Å². The molecule has 0 saturated carbocycles. The van der Waals surface area contributed by atoms with Crippen molar-refractivity contribution >= 4 is 73.2 Å². The number of benzene rings is 5. The summed E-state index contributed by atoms with van der Waals surface area (Å²) in [7, 11) is 0. The van der Waals surface area contributed by atoms with Gasteiger partial charge in [0, 0.05) is 0 Å². The molecule has 8 bridgehead atoms. The Morgan fingerprint density at radius 2 is 0.920 bits per heavy atom. The Labute approximate surface area is 295 Å². The molecule has 8 nitrogen and oxygen atoms in total. The molecule has 50 heavy (non-hydrogen) atoms. The monoisotopic (exact) mass is 710 g/mol. The predicted molar refractivity (Wildman–Crippen MR) is 197 cm³/mol. The Morgan fingerprint density at radius 1 is 0.440 bits per heavy atom. The molecule has 2 N–H and O–H groups in total. The molecule has 9 aromatic rings. The molecule has 230 valence electrons. The molecular formula is C40H22N8SZn. The van der Waals surface area contributed by atoms with Crippen molar-refractivity contribution in [2.24, 2.45) is 0 Å². The molecule has 0 radical (unpaired) electrons. The molecule has 0 atom stereocenters. The summed E-state index contributed by atoms with van der Waals surface area (Å²) in [4.78, 5) is 38.0. The van der Waals surface area contributed by atoms with Crippen LogP contribution in [0.2, 0.25) is 0 Å². The van der Waals surface area contributed by atoms with Crippen molar-refractivity contribution in [1.29, 1.82) is 0 Å². The number of H-pyrrole nitrogens is 2. The van der Waals surface area contributed by atoms with Crippen LogP contribution in [0.3, 0.4) is 0 Å². The summed E-state index contributed by atoms with van der Waals surface area (Å²) >= 11 is 0.465. The van der Waals surface area contributed by atoms with E-state index in [1.54, 1.807) is 0 Å². The molecule has 0 amide bonds. The number of aromatic nitrogens is 8. The molecule has 0 fully saturated rings. The minimum absolute atomic E-state index is 0.602. The standard InChI is InChI=1S/C32H17N8.C8H5S.Zn/c1-2-10-18-17(9-1)25-33-26(18)38-28-21-13-5-6-14-22(21)30(35-28)40-32-24-16-8-7-15-23(24)31(36-32)39-29-20-12-4-3-11-19(20)27(34-29)37-25;1-2-4-8-7(3-1)5-6-9-8;/h1-15H,(H2,33,34,35,36,37,38,39,40);1-5H;. The molecule has 5 aromatic carbocycles. The van der Waals surface area contributed by atoms with Crippen LogP contribution in [0.4, 0.5) is 0 Å². The van der Waals surface area contributed by atoms with Crippen LogP contribution in [0.25, 0.3) is 99.8 Å². The van der Waals surface area contributed by atoms with Crippen LogP contribution in [0.1, 0.15) is 0 Å².